The van der Waals surface area contributed by atoms with Gasteiger partial charge in [-0.1, -0.05) is 6.07 Å². The summed E-state index contributed by atoms with van der Waals surface area (Å²) in [6.07, 6.45) is 1.18. The van der Waals surface area contributed by atoms with Gasteiger partial charge in [0.15, 0.2) is 11.5 Å². The zero-order chi connectivity index (χ0) is 21.3. The van der Waals surface area contributed by atoms with Gasteiger partial charge < -0.3 is 19.1 Å². The number of amides is 1. The van der Waals surface area contributed by atoms with Crippen molar-refractivity contribution in [2.75, 3.05) is 31.8 Å². The van der Waals surface area contributed by atoms with Crippen molar-refractivity contribution in [2.45, 2.75) is 30.7 Å². The summed E-state index contributed by atoms with van der Waals surface area (Å²) < 4.78 is 45.2. The van der Waals surface area contributed by atoms with E-state index in [1.807, 2.05) is 6.07 Å². The Morgan fingerprint density at radius 1 is 1.10 bits per heavy atom. The number of fused-ring (bicyclic) bond motifs is 1. The van der Waals surface area contributed by atoms with Crippen LogP contribution in [0.1, 0.15) is 31.4 Å². The minimum absolute atomic E-state index is 0.0412. The van der Waals surface area contributed by atoms with Gasteiger partial charge in [-0.25, -0.2) is 13.1 Å². The summed E-state index contributed by atoms with van der Waals surface area (Å²) in [6.45, 7) is 3.26. The maximum Gasteiger partial charge on any atom is 0.241 e. The van der Waals surface area contributed by atoms with Crippen LogP contribution >= 0.6 is 0 Å². The molecule has 0 spiro atoms. The van der Waals surface area contributed by atoms with Crippen molar-refractivity contribution in [3.63, 3.8) is 0 Å². The van der Waals surface area contributed by atoms with Crippen LogP contribution in [0.4, 0.5) is 5.69 Å². The largest absolute Gasteiger partial charge is 0.495 e. The molecule has 160 valence electrons. The lowest BCUT2D eigenvalue weighted by atomic mass is 10.1. The molecule has 9 heteroatoms. The lowest BCUT2D eigenvalue weighted by Gasteiger charge is -2.22. The Balaban J connectivity index is 1.59. The number of hydrogen-bond acceptors (Lipinski definition) is 6. The molecule has 0 aromatic heterocycles. The summed E-state index contributed by atoms with van der Waals surface area (Å²) in [5, 5.41) is 0. The van der Waals surface area contributed by atoms with E-state index in [2.05, 4.69) is 4.72 Å². The molecule has 1 saturated heterocycles. The molecule has 1 N–H and O–H groups in total. The molecule has 2 aliphatic heterocycles. The second-order valence-corrected chi connectivity index (χ2v) is 8.94. The van der Waals surface area contributed by atoms with Crippen molar-refractivity contribution in [1.29, 1.82) is 0 Å². The Morgan fingerprint density at radius 3 is 2.57 bits per heavy atom. The van der Waals surface area contributed by atoms with Gasteiger partial charge in [0.05, 0.1) is 17.7 Å². The molecule has 2 aromatic carbocycles. The minimum Gasteiger partial charge on any atom is -0.495 e. The number of rotatable bonds is 6. The first-order valence-electron chi connectivity index (χ1n) is 9.79. The molecule has 4 rings (SSSR count). The molecule has 0 bridgehead atoms. The predicted molar refractivity (Wildman–Crippen MR) is 111 cm³/mol. The van der Waals surface area contributed by atoms with E-state index in [0.29, 0.717) is 49.1 Å². The molecule has 30 heavy (non-hydrogen) atoms. The first-order valence-corrected chi connectivity index (χ1v) is 11.3. The third-order valence-electron chi connectivity index (χ3n) is 5.22. The van der Waals surface area contributed by atoms with Gasteiger partial charge in [0, 0.05) is 19.0 Å². The number of nitrogens with zero attached hydrogens (tertiary/aromatic N) is 1. The molecule has 1 fully saturated rings. The van der Waals surface area contributed by atoms with Crippen LogP contribution in [0.5, 0.6) is 17.2 Å². The maximum absolute atomic E-state index is 13.0. The first kappa shape index (κ1) is 20.5. The Bertz CT molecular complexity index is 1070. The summed E-state index contributed by atoms with van der Waals surface area (Å²) in [4.78, 5) is 13.8. The van der Waals surface area contributed by atoms with Gasteiger partial charge in [0.2, 0.25) is 15.9 Å². The van der Waals surface area contributed by atoms with E-state index in [9.17, 15) is 13.2 Å². The number of carbonyl (C=O) groups is 1. The quantitative estimate of drug-likeness (QED) is 0.754. The fourth-order valence-corrected chi connectivity index (χ4v) is 4.90. The third-order valence-corrected chi connectivity index (χ3v) is 6.76. The van der Waals surface area contributed by atoms with Crippen LogP contribution in [0.2, 0.25) is 0 Å². The molecule has 0 saturated carbocycles. The molecule has 2 aromatic rings. The zero-order valence-corrected chi connectivity index (χ0v) is 17.7. The fourth-order valence-electron chi connectivity index (χ4n) is 3.65. The fraction of sp³-hybridized carbons (Fsp3) is 0.381. The topological polar surface area (TPSA) is 94.2 Å². The van der Waals surface area contributed by atoms with Crippen LogP contribution < -0.4 is 23.8 Å². The molecule has 2 heterocycles. The van der Waals surface area contributed by atoms with Gasteiger partial charge in [0.1, 0.15) is 19.0 Å². The van der Waals surface area contributed by atoms with Crippen molar-refractivity contribution >= 4 is 21.6 Å². The van der Waals surface area contributed by atoms with Crippen LogP contribution in [0.25, 0.3) is 0 Å². The number of carbonyl (C=O) groups excluding carboxylic acids is 1. The lowest BCUT2D eigenvalue weighted by molar-refractivity contribution is -0.117. The Kier molecular flexibility index (Phi) is 5.57. The second kappa shape index (κ2) is 8.16. The lowest BCUT2D eigenvalue weighted by Crippen LogP contribution is -2.28. The standard InChI is InChI=1S/C21H24N2O6S/c1-14(15-5-7-19-20(12-15)29-11-10-28-19)22-30(25,26)16-6-8-18(27-2)17(13-16)23-9-3-4-21(23)24/h5-8,12-14,22H,3-4,9-11H2,1-2H3/t14-/m1/s1. The summed E-state index contributed by atoms with van der Waals surface area (Å²) in [5.74, 6) is 1.67. The number of hydrogen-bond donors (Lipinski definition) is 1. The number of nitrogens with one attached hydrogen (secondary N) is 1. The third kappa shape index (κ3) is 3.95. The molecule has 1 atom stereocenters. The number of sulfonamides is 1. The zero-order valence-electron chi connectivity index (χ0n) is 16.9. The van der Waals surface area contributed by atoms with E-state index in [1.54, 1.807) is 30.0 Å². The van der Waals surface area contributed by atoms with Crippen molar-refractivity contribution in [1.82, 2.24) is 4.72 Å². The molecule has 0 aliphatic carbocycles. The highest BCUT2D eigenvalue weighted by molar-refractivity contribution is 7.89. The Labute approximate surface area is 175 Å². The van der Waals surface area contributed by atoms with Gasteiger partial charge >= 0.3 is 0 Å². The Morgan fingerprint density at radius 2 is 1.87 bits per heavy atom. The summed E-state index contributed by atoms with van der Waals surface area (Å²) >= 11 is 0. The summed E-state index contributed by atoms with van der Waals surface area (Å²) in [7, 11) is -2.34. The Hall–Kier alpha value is -2.78. The minimum atomic E-state index is -3.84. The normalized spacial score (nSPS) is 17.1. The summed E-state index contributed by atoms with van der Waals surface area (Å²) in [5.41, 5.74) is 1.22. The van der Waals surface area contributed by atoms with Crippen LogP contribution in [0.15, 0.2) is 41.3 Å². The monoisotopic (exact) mass is 432 g/mol. The van der Waals surface area contributed by atoms with Crippen LogP contribution in [0.3, 0.4) is 0 Å². The number of anilines is 1. The van der Waals surface area contributed by atoms with E-state index in [0.717, 1.165) is 12.0 Å². The second-order valence-electron chi connectivity index (χ2n) is 7.23. The highest BCUT2D eigenvalue weighted by Gasteiger charge is 2.27. The average Bonchev–Trinajstić information content (AvgIpc) is 3.18. The molecule has 0 unspecified atom stereocenters. The molecular weight excluding hydrogens is 408 g/mol. The van der Waals surface area contributed by atoms with Gasteiger partial charge in [-0.15, -0.1) is 0 Å². The molecular formula is C21H24N2O6S. The highest BCUT2D eigenvalue weighted by Crippen LogP contribution is 2.35. The number of methoxy groups -OCH3 is 1. The van der Waals surface area contributed by atoms with Crippen molar-refractivity contribution < 1.29 is 27.4 Å². The van der Waals surface area contributed by atoms with Crippen LogP contribution in [-0.2, 0) is 14.8 Å². The van der Waals surface area contributed by atoms with Gasteiger partial charge in [-0.05, 0) is 49.2 Å². The van der Waals surface area contributed by atoms with E-state index >= 15 is 0 Å². The molecule has 8 nitrogen and oxygen atoms in total. The molecule has 0 radical (unpaired) electrons. The molecule has 2 aliphatic rings. The van der Waals surface area contributed by atoms with Gasteiger partial charge in [-0.3, -0.25) is 4.79 Å². The molecule has 1 amide bonds. The van der Waals surface area contributed by atoms with Gasteiger partial charge in [0.25, 0.3) is 0 Å². The first-order chi connectivity index (χ1) is 14.4. The van der Waals surface area contributed by atoms with Crippen LogP contribution in [-0.4, -0.2) is 41.2 Å². The van der Waals surface area contributed by atoms with E-state index in [-0.39, 0.29) is 10.8 Å². The van der Waals surface area contributed by atoms with Gasteiger partial charge in [-0.2, -0.15) is 0 Å². The highest BCUT2D eigenvalue weighted by atomic mass is 32.2. The van der Waals surface area contributed by atoms with Crippen molar-refractivity contribution in [3.05, 3.63) is 42.0 Å². The van der Waals surface area contributed by atoms with E-state index < -0.39 is 16.1 Å². The number of ether oxygens (including phenoxy) is 3. The van der Waals surface area contributed by atoms with Crippen LogP contribution in [0, 0.1) is 0 Å². The predicted octanol–water partition coefficient (Wildman–Crippen LogP) is 2.63. The van der Waals surface area contributed by atoms with Crippen molar-refractivity contribution in [3.8, 4) is 17.2 Å². The van der Waals surface area contributed by atoms with E-state index in [4.69, 9.17) is 14.2 Å². The number of benzene rings is 2. The smallest absolute Gasteiger partial charge is 0.241 e. The maximum atomic E-state index is 13.0. The van der Waals surface area contributed by atoms with E-state index in [1.165, 1.54) is 19.2 Å². The van der Waals surface area contributed by atoms with Crippen molar-refractivity contribution in [2.24, 2.45) is 0 Å². The SMILES string of the molecule is COc1ccc(S(=O)(=O)N[C@H](C)c2ccc3c(c2)OCCO3)cc1N1CCCC1=O. The average molecular weight is 432 g/mol. The summed E-state index contributed by atoms with van der Waals surface area (Å²) in [6, 6.07) is 9.41.